The molecule has 0 saturated heterocycles. The molecule has 0 aliphatic carbocycles. The number of aromatic amines is 1. The van der Waals surface area contributed by atoms with Crippen LogP contribution in [0.5, 0.6) is 0 Å². The fourth-order valence-electron chi connectivity index (χ4n) is 1.31. The van der Waals surface area contributed by atoms with Crippen LogP contribution in [-0.2, 0) is 0 Å². The lowest BCUT2D eigenvalue weighted by Crippen LogP contribution is -2.13. The Morgan fingerprint density at radius 3 is 3.00 bits per heavy atom. The van der Waals surface area contributed by atoms with Crippen LogP contribution in [0.3, 0.4) is 0 Å². The standard InChI is InChI=1S/C10H13N5S/c1-7(11-2)8-4-3-5-12-9(8)16-10-13-6-14-15-10/h3-7,11H,1-2H3,(H,13,14,15). The summed E-state index contributed by atoms with van der Waals surface area (Å²) < 4.78 is 0. The summed E-state index contributed by atoms with van der Waals surface area (Å²) in [7, 11) is 1.93. The summed E-state index contributed by atoms with van der Waals surface area (Å²) in [5, 5.41) is 11.5. The van der Waals surface area contributed by atoms with Crippen LogP contribution in [0.1, 0.15) is 18.5 Å². The Bertz CT molecular complexity index is 442. The van der Waals surface area contributed by atoms with Gasteiger partial charge in [0.1, 0.15) is 11.4 Å². The van der Waals surface area contributed by atoms with Gasteiger partial charge in [-0.15, -0.1) is 0 Å². The van der Waals surface area contributed by atoms with Crippen molar-refractivity contribution in [1.82, 2.24) is 25.5 Å². The molecule has 2 aromatic rings. The predicted octanol–water partition coefficient (Wildman–Crippen LogP) is 1.63. The van der Waals surface area contributed by atoms with E-state index < -0.39 is 0 Å². The zero-order valence-electron chi connectivity index (χ0n) is 9.14. The molecule has 2 heterocycles. The molecule has 1 atom stereocenters. The van der Waals surface area contributed by atoms with E-state index in [0.717, 1.165) is 15.7 Å². The van der Waals surface area contributed by atoms with Gasteiger partial charge in [-0.3, -0.25) is 5.10 Å². The highest BCUT2D eigenvalue weighted by Crippen LogP contribution is 2.28. The number of nitrogens with one attached hydrogen (secondary N) is 2. The summed E-state index contributed by atoms with van der Waals surface area (Å²) in [5.74, 6) is 0. The zero-order chi connectivity index (χ0) is 11.4. The fourth-order valence-corrected chi connectivity index (χ4v) is 2.17. The fraction of sp³-hybridized carbons (Fsp3) is 0.300. The maximum Gasteiger partial charge on any atom is 0.189 e. The van der Waals surface area contributed by atoms with Crippen LogP contribution in [0.2, 0.25) is 0 Å². The number of rotatable bonds is 4. The van der Waals surface area contributed by atoms with Gasteiger partial charge in [0.05, 0.1) is 0 Å². The van der Waals surface area contributed by atoms with Gasteiger partial charge in [0, 0.05) is 17.8 Å². The Labute approximate surface area is 98.1 Å². The van der Waals surface area contributed by atoms with Gasteiger partial charge in [0.25, 0.3) is 0 Å². The van der Waals surface area contributed by atoms with Crippen LogP contribution < -0.4 is 5.32 Å². The zero-order valence-corrected chi connectivity index (χ0v) is 9.95. The largest absolute Gasteiger partial charge is 0.313 e. The van der Waals surface area contributed by atoms with Crippen molar-refractivity contribution in [1.29, 1.82) is 0 Å². The molecular weight excluding hydrogens is 222 g/mol. The Morgan fingerprint density at radius 1 is 1.44 bits per heavy atom. The van der Waals surface area contributed by atoms with Gasteiger partial charge >= 0.3 is 0 Å². The minimum absolute atomic E-state index is 0.263. The van der Waals surface area contributed by atoms with Crippen LogP contribution in [0.15, 0.2) is 34.8 Å². The first kappa shape index (κ1) is 11.1. The first-order chi connectivity index (χ1) is 7.81. The summed E-state index contributed by atoms with van der Waals surface area (Å²) in [5.41, 5.74) is 1.16. The molecule has 16 heavy (non-hydrogen) atoms. The van der Waals surface area contributed by atoms with Gasteiger partial charge in [-0.05, 0) is 31.8 Å². The monoisotopic (exact) mass is 235 g/mol. The molecule has 0 aliphatic heterocycles. The molecule has 2 N–H and O–H groups in total. The third-order valence-electron chi connectivity index (χ3n) is 2.29. The van der Waals surface area contributed by atoms with E-state index in [2.05, 4.69) is 38.5 Å². The maximum atomic E-state index is 4.36. The van der Waals surface area contributed by atoms with Crippen molar-refractivity contribution in [2.45, 2.75) is 23.1 Å². The predicted molar refractivity (Wildman–Crippen MR) is 62.2 cm³/mol. The molecule has 5 nitrogen and oxygen atoms in total. The Kier molecular flexibility index (Phi) is 3.53. The molecule has 1 unspecified atom stereocenters. The third kappa shape index (κ3) is 2.40. The molecule has 0 aliphatic rings. The highest BCUT2D eigenvalue weighted by atomic mass is 32.2. The number of hydrogen-bond donors (Lipinski definition) is 2. The summed E-state index contributed by atoms with van der Waals surface area (Å²) in [6, 6.07) is 4.26. The summed E-state index contributed by atoms with van der Waals surface area (Å²) >= 11 is 1.48. The van der Waals surface area contributed by atoms with Crippen molar-refractivity contribution >= 4 is 11.8 Å². The van der Waals surface area contributed by atoms with E-state index >= 15 is 0 Å². The molecule has 0 amide bonds. The van der Waals surface area contributed by atoms with Gasteiger partial charge in [-0.1, -0.05) is 6.07 Å². The van der Waals surface area contributed by atoms with E-state index in [1.807, 2.05) is 13.1 Å². The number of nitrogens with zero attached hydrogens (tertiary/aromatic N) is 3. The molecule has 2 rings (SSSR count). The molecule has 0 aromatic carbocycles. The highest BCUT2D eigenvalue weighted by molar-refractivity contribution is 7.99. The number of aromatic nitrogens is 4. The minimum atomic E-state index is 0.263. The van der Waals surface area contributed by atoms with Crippen molar-refractivity contribution in [2.75, 3.05) is 7.05 Å². The van der Waals surface area contributed by atoms with E-state index in [1.54, 1.807) is 6.20 Å². The Hall–Kier alpha value is -1.40. The van der Waals surface area contributed by atoms with Crippen molar-refractivity contribution in [2.24, 2.45) is 0 Å². The molecular formula is C10H13N5S. The van der Waals surface area contributed by atoms with Crippen LogP contribution in [-0.4, -0.2) is 27.2 Å². The van der Waals surface area contributed by atoms with Crippen LogP contribution >= 0.6 is 11.8 Å². The Morgan fingerprint density at radius 2 is 2.31 bits per heavy atom. The molecule has 0 saturated carbocycles. The van der Waals surface area contributed by atoms with E-state index in [9.17, 15) is 0 Å². The lowest BCUT2D eigenvalue weighted by Gasteiger charge is -2.13. The molecule has 84 valence electrons. The van der Waals surface area contributed by atoms with Gasteiger partial charge in [0.2, 0.25) is 0 Å². The lowest BCUT2D eigenvalue weighted by atomic mass is 10.1. The number of H-pyrrole nitrogens is 1. The molecule has 6 heteroatoms. The second-order valence-electron chi connectivity index (χ2n) is 3.30. The average Bonchev–Trinajstić information content (AvgIpc) is 2.82. The second kappa shape index (κ2) is 5.09. The van der Waals surface area contributed by atoms with E-state index in [-0.39, 0.29) is 6.04 Å². The summed E-state index contributed by atoms with van der Waals surface area (Å²) in [4.78, 5) is 8.43. The SMILES string of the molecule is CNC(C)c1cccnc1Sc1ncn[nH]1. The smallest absolute Gasteiger partial charge is 0.189 e. The second-order valence-corrected chi connectivity index (χ2v) is 4.28. The summed E-state index contributed by atoms with van der Waals surface area (Å²) in [6.07, 6.45) is 3.27. The lowest BCUT2D eigenvalue weighted by molar-refractivity contribution is 0.634. The molecule has 0 radical (unpaired) electrons. The number of pyridine rings is 1. The van der Waals surface area contributed by atoms with Crippen molar-refractivity contribution in [3.8, 4) is 0 Å². The van der Waals surface area contributed by atoms with E-state index in [0.29, 0.717) is 0 Å². The topological polar surface area (TPSA) is 66.5 Å². The van der Waals surface area contributed by atoms with Crippen LogP contribution in [0.4, 0.5) is 0 Å². The van der Waals surface area contributed by atoms with E-state index in [1.165, 1.54) is 18.1 Å². The first-order valence-corrected chi connectivity index (χ1v) is 5.78. The van der Waals surface area contributed by atoms with E-state index in [4.69, 9.17) is 0 Å². The van der Waals surface area contributed by atoms with Gasteiger partial charge in [-0.25, -0.2) is 9.97 Å². The van der Waals surface area contributed by atoms with Gasteiger partial charge < -0.3 is 5.32 Å². The minimum Gasteiger partial charge on any atom is -0.313 e. The first-order valence-electron chi connectivity index (χ1n) is 4.96. The average molecular weight is 235 g/mol. The normalized spacial score (nSPS) is 12.6. The molecule has 0 fully saturated rings. The summed E-state index contributed by atoms with van der Waals surface area (Å²) in [6.45, 7) is 2.10. The van der Waals surface area contributed by atoms with Crippen molar-refractivity contribution < 1.29 is 0 Å². The molecule has 0 spiro atoms. The Balaban J connectivity index is 2.26. The van der Waals surface area contributed by atoms with Crippen molar-refractivity contribution in [3.05, 3.63) is 30.2 Å². The van der Waals surface area contributed by atoms with Crippen molar-refractivity contribution in [3.63, 3.8) is 0 Å². The van der Waals surface area contributed by atoms with Crippen LogP contribution in [0, 0.1) is 0 Å². The highest BCUT2D eigenvalue weighted by Gasteiger charge is 2.11. The molecule has 2 aromatic heterocycles. The number of hydrogen-bond acceptors (Lipinski definition) is 5. The maximum absolute atomic E-state index is 4.36. The quantitative estimate of drug-likeness (QED) is 0.843. The van der Waals surface area contributed by atoms with Gasteiger partial charge in [0.15, 0.2) is 5.16 Å². The molecule has 0 bridgehead atoms. The third-order valence-corrected chi connectivity index (χ3v) is 3.21. The van der Waals surface area contributed by atoms with Crippen LogP contribution in [0.25, 0.3) is 0 Å². The van der Waals surface area contributed by atoms with Gasteiger partial charge in [-0.2, -0.15) is 5.10 Å².